The van der Waals surface area contributed by atoms with Gasteiger partial charge in [0.05, 0.1) is 17.3 Å². The zero-order chi connectivity index (χ0) is 32.2. The van der Waals surface area contributed by atoms with Crippen LogP contribution in [0.3, 0.4) is 0 Å². The lowest BCUT2D eigenvalue weighted by molar-refractivity contribution is -0.387. The maximum atomic E-state index is 13.5. The summed E-state index contributed by atoms with van der Waals surface area (Å²) in [7, 11) is -2.60. The van der Waals surface area contributed by atoms with Gasteiger partial charge in [-0.2, -0.15) is 0 Å². The van der Waals surface area contributed by atoms with Crippen molar-refractivity contribution in [1.29, 1.82) is 0 Å². The summed E-state index contributed by atoms with van der Waals surface area (Å²) >= 11 is 0. The molecule has 43 heavy (non-hydrogen) atoms. The van der Waals surface area contributed by atoms with Crippen molar-refractivity contribution < 1.29 is 37.6 Å². The number of nitrogens with one attached hydrogen (secondary N) is 2. The van der Waals surface area contributed by atoms with Crippen LogP contribution in [0, 0.1) is 16.0 Å². The topological polar surface area (TPSA) is 185 Å². The highest BCUT2D eigenvalue weighted by molar-refractivity contribution is 7.89. The van der Waals surface area contributed by atoms with E-state index < -0.39 is 61.1 Å². The number of sulfonamides is 1. The van der Waals surface area contributed by atoms with E-state index in [-0.39, 0.29) is 25.9 Å². The molecule has 0 heterocycles. The Kier molecular flexibility index (Phi) is 13.1. The van der Waals surface area contributed by atoms with Gasteiger partial charge in [-0.15, -0.1) is 0 Å². The van der Waals surface area contributed by atoms with Crippen LogP contribution in [0.4, 0.5) is 10.5 Å². The first-order valence-corrected chi connectivity index (χ1v) is 15.3. The van der Waals surface area contributed by atoms with Crippen molar-refractivity contribution in [3.8, 4) is 0 Å². The molecule has 2 unspecified atom stereocenters. The maximum absolute atomic E-state index is 13.5. The number of para-hydroxylation sites is 1. The van der Waals surface area contributed by atoms with E-state index in [1.807, 2.05) is 18.2 Å². The van der Waals surface area contributed by atoms with Gasteiger partial charge in [-0.1, -0.05) is 48.9 Å². The number of rotatable bonds is 16. The number of nitro benzene ring substituents is 1. The summed E-state index contributed by atoms with van der Waals surface area (Å²) in [6.45, 7) is 5.14. The zero-order valence-electron chi connectivity index (χ0n) is 24.8. The molecule has 2 aromatic carbocycles. The standard InChI is InChI=1S/C29H40N4O9S/c1-29(2,3)42-28(37)30-20-23(32(4)27(36)22(19-26(34)35)18-21-12-6-5-7-13-21)14-10-11-17-31-43(40,41)25-16-9-8-15-24(25)33(38)39/h5-9,12-13,15-16,22-23,31H,10-11,14,17-20H2,1-4H3,(H,30,37)(H,34,35). The molecule has 0 radical (unpaired) electrons. The van der Waals surface area contributed by atoms with Crippen molar-refractivity contribution in [1.82, 2.24) is 14.9 Å². The number of hydrogen-bond acceptors (Lipinski definition) is 8. The largest absolute Gasteiger partial charge is 0.481 e. The van der Waals surface area contributed by atoms with Crippen molar-refractivity contribution in [2.45, 2.75) is 69.4 Å². The van der Waals surface area contributed by atoms with Crippen LogP contribution in [-0.4, -0.2) is 73.1 Å². The summed E-state index contributed by atoms with van der Waals surface area (Å²) in [5.74, 6) is -2.36. The number of hydrogen-bond donors (Lipinski definition) is 3. The molecule has 0 aliphatic rings. The average molecular weight is 621 g/mol. The Balaban J connectivity index is 2.11. The predicted molar refractivity (Wildman–Crippen MR) is 159 cm³/mol. The van der Waals surface area contributed by atoms with Gasteiger partial charge >= 0.3 is 12.1 Å². The molecule has 2 rings (SSSR count). The van der Waals surface area contributed by atoms with Crippen molar-refractivity contribution in [2.75, 3.05) is 20.1 Å². The number of amides is 2. The Morgan fingerprint density at radius 1 is 1.05 bits per heavy atom. The number of carboxylic acids is 1. The summed E-state index contributed by atoms with van der Waals surface area (Å²) < 4.78 is 33.0. The molecular formula is C29H40N4O9S. The fourth-order valence-corrected chi connectivity index (χ4v) is 5.64. The molecule has 236 valence electrons. The average Bonchev–Trinajstić information content (AvgIpc) is 2.92. The van der Waals surface area contributed by atoms with E-state index in [2.05, 4.69) is 10.0 Å². The summed E-state index contributed by atoms with van der Waals surface area (Å²) in [6, 6.07) is 13.5. The second kappa shape index (κ2) is 16.0. The van der Waals surface area contributed by atoms with E-state index in [4.69, 9.17) is 4.74 Å². The first-order valence-electron chi connectivity index (χ1n) is 13.8. The number of nitrogens with zero attached hydrogens (tertiary/aromatic N) is 2. The van der Waals surface area contributed by atoms with Gasteiger partial charge in [-0.05, 0) is 51.7 Å². The Hall–Kier alpha value is -4.04. The van der Waals surface area contributed by atoms with Gasteiger partial charge in [0.2, 0.25) is 15.9 Å². The number of carbonyl (C=O) groups is 3. The Labute approximate surface area is 251 Å². The molecular weight excluding hydrogens is 580 g/mol. The SMILES string of the molecule is CN(C(=O)C(CC(=O)O)Cc1ccccc1)C(CCCCNS(=O)(=O)c1ccccc1[N+](=O)[O-])CNC(=O)OC(C)(C)C. The van der Waals surface area contributed by atoms with E-state index in [1.54, 1.807) is 40.0 Å². The lowest BCUT2D eigenvalue weighted by Gasteiger charge is -2.32. The molecule has 2 amide bonds. The normalized spacial score (nSPS) is 13.0. The van der Waals surface area contributed by atoms with Crippen LogP contribution in [0.2, 0.25) is 0 Å². The van der Waals surface area contributed by atoms with E-state index in [9.17, 15) is 38.0 Å². The van der Waals surface area contributed by atoms with Gasteiger partial charge in [0.15, 0.2) is 4.90 Å². The van der Waals surface area contributed by atoms with Gasteiger partial charge in [0, 0.05) is 32.2 Å². The van der Waals surface area contributed by atoms with Crippen LogP contribution >= 0.6 is 0 Å². The number of aliphatic carboxylic acids is 1. The second-order valence-corrected chi connectivity index (χ2v) is 12.8. The fraction of sp³-hybridized carbons (Fsp3) is 0.483. The fourth-order valence-electron chi connectivity index (χ4n) is 4.40. The van der Waals surface area contributed by atoms with E-state index in [1.165, 1.54) is 17.0 Å². The van der Waals surface area contributed by atoms with Crippen LogP contribution in [0.5, 0.6) is 0 Å². The molecule has 0 saturated heterocycles. The van der Waals surface area contributed by atoms with Crippen LogP contribution in [0.15, 0.2) is 59.5 Å². The smallest absolute Gasteiger partial charge is 0.407 e. The van der Waals surface area contributed by atoms with Gasteiger partial charge < -0.3 is 20.1 Å². The minimum absolute atomic E-state index is 0.0181. The highest BCUT2D eigenvalue weighted by atomic mass is 32.2. The molecule has 2 aromatic rings. The molecule has 2 atom stereocenters. The minimum atomic E-state index is -4.14. The van der Waals surface area contributed by atoms with Gasteiger partial charge in [-0.25, -0.2) is 17.9 Å². The second-order valence-electron chi connectivity index (χ2n) is 11.1. The number of carboxylic acid groups (broad SMARTS) is 1. The molecule has 0 saturated carbocycles. The lowest BCUT2D eigenvalue weighted by Crippen LogP contribution is -2.48. The number of nitro groups is 1. The number of benzene rings is 2. The zero-order valence-corrected chi connectivity index (χ0v) is 25.6. The lowest BCUT2D eigenvalue weighted by atomic mass is 9.94. The molecule has 0 aliphatic carbocycles. The van der Waals surface area contributed by atoms with Crippen LogP contribution in [0.25, 0.3) is 0 Å². The quantitative estimate of drug-likeness (QED) is 0.143. The maximum Gasteiger partial charge on any atom is 0.407 e. The number of ether oxygens (including phenoxy) is 1. The number of carbonyl (C=O) groups excluding carboxylic acids is 2. The van der Waals surface area contributed by atoms with E-state index in [0.717, 1.165) is 17.7 Å². The highest BCUT2D eigenvalue weighted by Gasteiger charge is 2.30. The van der Waals surface area contributed by atoms with Crippen LogP contribution < -0.4 is 10.0 Å². The molecule has 0 bridgehead atoms. The van der Waals surface area contributed by atoms with Crippen molar-refractivity contribution >= 4 is 33.7 Å². The number of unbranched alkanes of at least 4 members (excludes halogenated alkanes) is 1. The van der Waals surface area contributed by atoms with Crippen molar-refractivity contribution in [3.05, 3.63) is 70.3 Å². The summed E-state index contributed by atoms with van der Waals surface area (Å²) in [4.78, 5) is 48.9. The first kappa shape index (κ1) is 35.2. The number of likely N-dealkylation sites (N-methyl/N-ethyl adjacent to an activating group) is 1. The van der Waals surface area contributed by atoms with Crippen LogP contribution in [-0.2, 0) is 30.8 Å². The summed E-state index contributed by atoms with van der Waals surface area (Å²) in [5, 5.41) is 23.4. The Bertz CT molecular complexity index is 1360. The Morgan fingerprint density at radius 3 is 2.28 bits per heavy atom. The van der Waals surface area contributed by atoms with Gasteiger partial charge in [0.25, 0.3) is 5.69 Å². The van der Waals surface area contributed by atoms with E-state index in [0.29, 0.717) is 19.3 Å². The van der Waals surface area contributed by atoms with E-state index >= 15 is 0 Å². The first-order chi connectivity index (χ1) is 20.1. The monoisotopic (exact) mass is 620 g/mol. The molecule has 0 aliphatic heterocycles. The predicted octanol–water partition coefficient (Wildman–Crippen LogP) is 3.73. The number of alkyl carbamates (subject to hydrolysis) is 1. The third kappa shape index (κ3) is 12.0. The van der Waals surface area contributed by atoms with Crippen molar-refractivity contribution in [3.63, 3.8) is 0 Å². The highest BCUT2D eigenvalue weighted by Crippen LogP contribution is 2.23. The van der Waals surface area contributed by atoms with Gasteiger partial charge in [0.1, 0.15) is 5.60 Å². The Morgan fingerprint density at radius 2 is 1.67 bits per heavy atom. The van der Waals surface area contributed by atoms with Crippen LogP contribution in [0.1, 0.15) is 52.0 Å². The molecule has 0 spiro atoms. The van der Waals surface area contributed by atoms with Gasteiger partial charge in [-0.3, -0.25) is 19.7 Å². The third-order valence-electron chi connectivity index (χ3n) is 6.48. The molecule has 0 aromatic heterocycles. The molecule has 3 N–H and O–H groups in total. The minimum Gasteiger partial charge on any atom is -0.481 e. The van der Waals surface area contributed by atoms with Crippen molar-refractivity contribution in [2.24, 2.45) is 5.92 Å². The summed E-state index contributed by atoms with van der Waals surface area (Å²) in [5.41, 5.74) is -0.464. The molecule has 14 heteroatoms. The third-order valence-corrected chi connectivity index (χ3v) is 7.99. The molecule has 13 nitrogen and oxygen atoms in total. The summed E-state index contributed by atoms with van der Waals surface area (Å²) in [6.07, 6.45) is 0.249. The molecule has 0 fully saturated rings.